The normalized spacial score (nSPS) is 5.08. The number of benzene rings is 1. The fourth-order valence-electron chi connectivity index (χ4n) is 0.385. The summed E-state index contributed by atoms with van der Waals surface area (Å²) in [6, 6.07) is 12.0. The quantitative estimate of drug-likeness (QED) is 0.615. The molecule has 0 fully saturated rings. The summed E-state index contributed by atoms with van der Waals surface area (Å²) in [6.07, 6.45) is 0. The first-order chi connectivity index (χ1) is 6.00. The molecule has 1 rings (SSSR count). The third-order valence-corrected chi connectivity index (χ3v) is 0.667. The first kappa shape index (κ1) is 22.9. The SMILES string of the molecule is [C]O.[C]O.[C]O.[Cr].c1ccccc1. The molecule has 0 aliphatic rings. The molecule has 3 nitrogen and oxygen atoms in total. The summed E-state index contributed by atoms with van der Waals surface area (Å²) in [7, 11) is 14.2. The molecule has 1 aromatic rings. The van der Waals surface area contributed by atoms with Crippen molar-refractivity contribution in [1.29, 1.82) is 0 Å². The molecular weight excluding hydrogens is 208 g/mol. The van der Waals surface area contributed by atoms with E-state index in [1.54, 1.807) is 0 Å². The minimum Gasteiger partial charge on any atom is -0.380 e. The first-order valence-electron chi connectivity index (χ1n) is 2.67. The molecule has 9 radical (unpaired) electrons. The Morgan fingerprint density at radius 1 is 0.462 bits per heavy atom. The fraction of sp³-hybridized carbons (Fsp3) is 0. The van der Waals surface area contributed by atoms with E-state index in [0.29, 0.717) is 0 Å². The van der Waals surface area contributed by atoms with Crippen LogP contribution in [0.5, 0.6) is 0 Å². The monoisotopic (exact) mass is 217 g/mol. The van der Waals surface area contributed by atoms with E-state index in [1.807, 2.05) is 36.4 Å². The van der Waals surface area contributed by atoms with Crippen molar-refractivity contribution in [3.63, 3.8) is 0 Å². The number of hydrogen-bond acceptors (Lipinski definition) is 3. The Labute approximate surface area is 90.8 Å². The fourth-order valence-corrected chi connectivity index (χ4v) is 0.385. The Kier molecular flexibility index (Phi) is 73.1. The van der Waals surface area contributed by atoms with Crippen LogP contribution in [0.15, 0.2) is 36.4 Å². The molecule has 0 aliphatic carbocycles. The predicted molar refractivity (Wildman–Crippen MR) is 42.0 cm³/mol. The summed E-state index contributed by atoms with van der Waals surface area (Å²) in [5.74, 6) is 0. The van der Waals surface area contributed by atoms with Gasteiger partial charge in [0.25, 0.3) is 0 Å². The molecular formula is C9H9CrO3. The average Bonchev–Trinajstić information content (AvgIpc) is 2.29. The van der Waals surface area contributed by atoms with Crippen molar-refractivity contribution in [2.45, 2.75) is 0 Å². The zero-order valence-electron chi connectivity index (χ0n) is 6.71. The molecule has 0 saturated carbocycles. The van der Waals surface area contributed by atoms with Gasteiger partial charge in [0.1, 0.15) is 0 Å². The van der Waals surface area contributed by atoms with Gasteiger partial charge in [-0.3, -0.25) is 0 Å². The van der Waals surface area contributed by atoms with Gasteiger partial charge in [-0.25, -0.2) is 0 Å². The van der Waals surface area contributed by atoms with Gasteiger partial charge >= 0.3 is 0 Å². The molecule has 4 heteroatoms. The maximum absolute atomic E-state index is 6.25. The second-order valence-electron chi connectivity index (χ2n) is 1.15. The molecule has 0 unspecified atom stereocenters. The van der Waals surface area contributed by atoms with E-state index in [2.05, 4.69) is 0 Å². The zero-order chi connectivity index (χ0) is 10.2. The first-order valence-corrected chi connectivity index (χ1v) is 2.67. The van der Waals surface area contributed by atoms with E-state index in [9.17, 15) is 0 Å². The molecule has 0 spiro atoms. The van der Waals surface area contributed by atoms with Crippen LogP contribution in [0, 0.1) is 21.3 Å². The molecule has 0 saturated heterocycles. The van der Waals surface area contributed by atoms with E-state index in [1.165, 1.54) is 0 Å². The van der Waals surface area contributed by atoms with Crippen LogP contribution < -0.4 is 0 Å². The van der Waals surface area contributed by atoms with Crippen LogP contribution in [-0.2, 0) is 17.4 Å². The summed E-state index contributed by atoms with van der Waals surface area (Å²) in [5, 5.41) is 18.8. The van der Waals surface area contributed by atoms with Crippen molar-refractivity contribution in [3.05, 3.63) is 57.7 Å². The van der Waals surface area contributed by atoms with Gasteiger partial charge in [-0.05, 0) is 0 Å². The summed E-state index contributed by atoms with van der Waals surface area (Å²) in [5.41, 5.74) is 0. The van der Waals surface area contributed by atoms with Crippen molar-refractivity contribution >= 4 is 0 Å². The standard InChI is InChI=1S/C6H6.3CHO.Cr/c1-2-4-6-5-3-1;3*1-2;/h1-6H;3*2H;. The molecule has 0 heterocycles. The largest absolute Gasteiger partial charge is 0.380 e. The van der Waals surface area contributed by atoms with E-state index >= 15 is 0 Å². The zero-order valence-corrected chi connectivity index (χ0v) is 7.99. The Hall–Kier alpha value is -0.368. The van der Waals surface area contributed by atoms with Crippen molar-refractivity contribution in [2.75, 3.05) is 0 Å². The van der Waals surface area contributed by atoms with Gasteiger partial charge in [-0.15, -0.1) is 0 Å². The number of hydrogen-bond donors (Lipinski definition) is 3. The molecule has 0 atom stereocenters. The minimum absolute atomic E-state index is 0. The van der Waals surface area contributed by atoms with Gasteiger partial charge in [0.2, 0.25) is 0 Å². The van der Waals surface area contributed by atoms with Crippen molar-refractivity contribution < 1.29 is 32.7 Å². The van der Waals surface area contributed by atoms with Crippen LogP contribution >= 0.6 is 0 Å². The molecule has 1 aromatic carbocycles. The minimum atomic E-state index is 0. The van der Waals surface area contributed by atoms with Crippen molar-refractivity contribution in [2.24, 2.45) is 0 Å². The second kappa shape index (κ2) is 41.5. The van der Waals surface area contributed by atoms with E-state index in [0.717, 1.165) is 0 Å². The molecule has 3 N–H and O–H groups in total. The van der Waals surface area contributed by atoms with Gasteiger partial charge in [-0.1, -0.05) is 36.4 Å². The summed E-state index contributed by atoms with van der Waals surface area (Å²) >= 11 is 0. The maximum Gasteiger partial charge on any atom is 0.169 e. The van der Waals surface area contributed by atoms with Crippen LogP contribution in [0.3, 0.4) is 0 Å². The van der Waals surface area contributed by atoms with Crippen LogP contribution in [0.4, 0.5) is 0 Å². The van der Waals surface area contributed by atoms with Crippen LogP contribution in [-0.4, -0.2) is 15.3 Å². The van der Waals surface area contributed by atoms with Crippen molar-refractivity contribution in [1.82, 2.24) is 0 Å². The number of aliphatic hydroxyl groups excluding tert-OH is 3. The third-order valence-electron chi connectivity index (χ3n) is 0.667. The van der Waals surface area contributed by atoms with E-state index < -0.39 is 0 Å². The van der Waals surface area contributed by atoms with Crippen LogP contribution in [0.1, 0.15) is 0 Å². The van der Waals surface area contributed by atoms with Crippen molar-refractivity contribution in [3.8, 4) is 0 Å². The topological polar surface area (TPSA) is 60.7 Å². The maximum atomic E-state index is 6.25. The second-order valence-corrected chi connectivity index (χ2v) is 1.15. The number of rotatable bonds is 0. The van der Waals surface area contributed by atoms with Gasteiger partial charge in [0.15, 0.2) is 21.3 Å². The van der Waals surface area contributed by atoms with Crippen LogP contribution in [0.25, 0.3) is 0 Å². The van der Waals surface area contributed by atoms with Gasteiger partial charge in [-0.2, -0.15) is 0 Å². The molecule has 0 aliphatic heterocycles. The van der Waals surface area contributed by atoms with E-state index in [-0.39, 0.29) is 17.4 Å². The smallest absolute Gasteiger partial charge is 0.169 e. The van der Waals surface area contributed by atoms with Gasteiger partial charge < -0.3 is 15.3 Å². The summed E-state index contributed by atoms with van der Waals surface area (Å²) < 4.78 is 0. The summed E-state index contributed by atoms with van der Waals surface area (Å²) in [6.45, 7) is 0. The Morgan fingerprint density at radius 3 is 0.615 bits per heavy atom. The van der Waals surface area contributed by atoms with Gasteiger partial charge in [0.05, 0.1) is 0 Å². The predicted octanol–water partition coefficient (Wildman–Crippen LogP) is 1.40. The Morgan fingerprint density at radius 2 is 0.538 bits per heavy atom. The molecule has 69 valence electrons. The molecule has 0 bridgehead atoms. The Bertz CT molecular complexity index is 86.8. The van der Waals surface area contributed by atoms with Gasteiger partial charge in [0, 0.05) is 17.4 Å². The average molecular weight is 217 g/mol. The van der Waals surface area contributed by atoms with E-state index in [4.69, 9.17) is 36.6 Å². The molecule has 13 heavy (non-hydrogen) atoms. The van der Waals surface area contributed by atoms with Crippen LogP contribution in [0.2, 0.25) is 0 Å². The molecule has 0 aromatic heterocycles. The number of aliphatic hydroxyl groups is 3. The summed E-state index contributed by atoms with van der Waals surface area (Å²) in [4.78, 5) is 0. The molecule has 0 amide bonds. The Balaban J connectivity index is -0.0000000508. The third kappa shape index (κ3) is 34.0.